The van der Waals surface area contributed by atoms with Gasteiger partial charge in [-0.05, 0) is 42.4 Å². The molecule has 1 heterocycles. The van der Waals surface area contributed by atoms with Crippen LogP contribution in [-0.4, -0.2) is 62.9 Å². The van der Waals surface area contributed by atoms with Crippen LogP contribution in [0.5, 0.6) is 11.5 Å². The highest BCUT2D eigenvalue weighted by Crippen LogP contribution is 2.43. The Morgan fingerprint density at radius 3 is 2.41 bits per heavy atom. The molecule has 0 spiro atoms. The first kappa shape index (κ1) is 20.5. The Labute approximate surface area is 180 Å². The lowest BCUT2D eigenvalue weighted by Crippen LogP contribution is -2.48. The van der Waals surface area contributed by atoms with Crippen molar-refractivity contribution in [3.8, 4) is 11.5 Å². The van der Waals surface area contributed by atoms with Gasteiger partial charge in [0.05, 0.1) is 20.8 Å². The van der Waals surface area contributed by atoms with Crippen LogP contribution in [0.15, 0.2) is 28.8 Å². The van der Waals surface area contributed by atoms with Crippen molar-refractivity contribution in [3.05, 3.63) is 34.3 Å². The number of nitrogens with zero attached hydrogens (tertiary/aromatic N) is 2. The normalized spacial score (nSPS) is 26.0. The second kappa shape index (κ2) is 8.96. The van der Waals surface area contributed by atoms with E-state index in [0.717, 1.165) is 35.4 Å². The minimum Gasteiger partial charge on any atom is -0.493 e. The lowest BCUT2D eigenvalue weighted by Gasteiger charge is -2.34. The topological polar surface area (TPSA) is 51.2 Å². The standard InChI is InChI=1S/C22H29BrN2O4/c1-27-20-11-17(19(23)12-21(20)28-2)13-24-5-7-25(8-6-24)22(26)29-14-18-10-15-3-4-16(18)9-15/h3-4,11-12,15-16,18H,5-10,13-14H2,1-2H3. The van der Waals surface area contributed by atoms with Crippen molar-refractivity contribution in [1.29, 1.82) is 0 Å². The van der Waals surface area contributed by atoms with Crippen LogP contribution >= 0.6 is 15.9 Å². The van der Waals surface area contributed by atoms with Gasteiger partial charge in [0, 0.05) is 43.1 Å². The average Bonchev–Trinajstić information content (AvgIpc) is 3.37. The fourth-order valence-corrected chi connectivity index (χ4v) is 5.15. The van der Waals surface area contributed by atoms with Crippen molar-refractivity contribution in [2.75, 3.05) is 47.0 Å². The largest absolute Gasteiger partial charge is 0.493 e. The third-order valence-electron chi connectivity index (χ3n) is 6.41. The number of ether oxygens (including phenoxy) is 3. The molecule has 0 N–H and O–H groups in total. The Morgan fingerprint density at radius 2 is 1.79 bits per heavy atom. The molecule has 3 aliphatic rings. The van der Waals surface area contributed by atoms with Gasteiger partial charge >= 0.3 is 6.09 Å². The Morgan fingerprint density at radius 1 is 1.07 bits per heavy atom. The molecule has 4 rings (SSSR count). The number of methoxy groups -OCH3 is 2. The number of hydrogen-bond acceptors (Lipinski definition) is 5. The van der Waals surface area contributed by atoms with E-state index in [2.05, 4.69) is 33.0 Å². The minimum atomic E-state index is -0.163. The Kier molecular flexibility index (Phi) is 6.35. The highest BCUT2D eigenvalue weighted by molar-refractivity contribution is 9.10. The summed E-state index contributed by atoms with van der Waals surface area (Å²) < 4.78 is 17.4. The van der Waals surface area contributed by atoms with E-state index in [1.165, 1.54) is 12.8 Å². The fraction of sp³-hybridized carbons (Fsp3) is 0.591. The Bertz CT molecular complexity index is 776. The molecule has 2 aliphatic carbocycles. The highest BCUT2D eigenvalue weighted by atomic mass is 79.9. The van der Waals surface area contributed by atoms with Crippen LogP contribution in [-0.2, 0) is 11.3 Å². The number of carbonyl (C=O) groups excluding carboxylic acids is 1. The predicted octanol–water partition coefficient (Wildman–Crippen LogP) is 3.93. The van der Waals surface area contributed by atoms with Crippen LogP contribution in [0.2, 0.25) is 0 Å². The van der Waals surface area contributed by atoms with Gasteiger partial charge in [-0.1, -0.05) is 28.1 Å². The molecule has 1 aliphatic heterocycles. The molecule has 3 unspecified atom stereocenters. The van der Waals surface area contributed by atoms with Gasteiger partial charge in [-0.2, -0.15) is 0 Å². The smallest absolute Gasteiger partial charge is 0.409 e. The number of rotatable bonds is 6. The van der Waals surface area contributed by atoms with Crippen LogP contribution < -0.4 is 9.47 Å². The number of carbonyl (C=O) groups is 1. The van der Waals surface area contributed by atoms with Crippen molar-refractivity contribution in [2.45, 2.75) is 19.4 Å². The van der Waals surface area contributed by atoms with Crippen LogP contribution in [0.4, 0.5) is 4.79 Å². The van der Waals surface area contributed by atoms with Crippen molar-refractivity contribution in [3.63, 3.8) is 0 Å². The fourth-order valence-electron chi connectivity index (χ4n) is 4.70. The van der Waals surface area contributed by atoms with E-state index in [1.807, 2.05) is 17.0 Å². The number of amides is 1. The lowest BCUT2D eigenvalue weighted by molar-refractivity contribution is 0.0615. The molecule has 29 heavy (non-hydrogen) atoms. The van der Waals surface area contributed by atoms with Crippen molar-refractivity contribution in [2.24, 2.45) is 17.8 Å². The molecule has 2 bridgehead atoms. The molecule has 1 aromatic rings. The third-order valence-corrected chi connectivity index (χ3v) is 7.15. The summed E-state index contributed by atoms with van der Waals surface area (Å²) in [5, 5.41) is 0. The first-order valence-corrected chi connectivity index (χ1v) is 11.1. The van der Waals surface area contributed by atoms with Gasteiger partial charge in [-0.15, -0.1) is 0 Å². The summed E-state index contributed by atoms with van der Waals surface area (Å²) in [6, 6.07) is 3.94. The summed E-state index contributed by atoms with van der Waals surface area (Å²) in [6.07, 6.45) is 6.87. The van der Waals surface area contributed by atoms with Crippen LogP contribution in [0, 0.1) is 17.8 Å². The molecular formula is C22H29BrN2O4. The van der Waals surface area contributed by atoms with Crippen LogP contribution in [0.1, 0.15) is 18.4 Å². The first-order valence-electron chi connectivity index (χ1n) is 10.3. The summed E-state index contributed by atoms with van der Waals surface area (Å²) in [7, 11) is 3.28. The quantitative estimate of drug-likeness (QED) is 0.596. The molecule has 2 fully saturated rings. The summed E-state index contributed by atoms with van der Waals surface area (Å²) in [5.41, 5.74) is 1.14. The summed E-state index contributed by atoms with van der Waals surface area (Å²) in [4.78, 5) is 16.6. The second-order valence-corrected chi connectivity index (χ2v) is 9.03. The lowest BCUT2D eigenvalue weighted by atomic mass is 9.95. The second-order valence-electron chi connectivity index (χ2n) is 8.18. The van der Waals surface area contributed by atoms with Gasteiger partial charge in [0.1, 0.15) is 0 Å². The maximum Gasteiger partial charge on any atom is 0.409 e. The highest BCUT2D eigenvalue weighted by Gasteiger charge is 2.36. The number of benzene rings is 1. The minimum absolute atomic E-state index is 0.163. The zero-order valence-corrected chi connectivity index (χ0v) is 18.7. The van der Waals surface area contributed by atoms with Crippen molar-refractivity contribution < 1.29 is 19.0 Å². The number of fused-ring (bicyclic) bond motifs is 2. The number of piperazine rings is 1. The van der Waals surface area contributed by atoms with Crippen molar-refractivity contribution >= 4 is 22.0 Å². The predicted molar refractivity (Wildman–Crippen MR) is 114 cm³/mol. The molecule has 1 saturated heterocycles. The monoisotopic (exact) mass is 464 g/mol. The van der Waals surface area contributed by atoms with Gasteiger partial charge in [0.25, 0.3) is 0 Å². The van der Waals surface area contributed by atoms with E-state index in [9.17, 15) is 4.79 Å². The van der Waals surface area contributed by atoms with Gasteiger partial charge in [-0.3, -0.25) is 4.90 Å². The van der Waals surface area contributed by atoms with E-state index in [0.29, 0.717) is 43.2 Å². The molecule has 1 aromatic carbocycles. The first-order chi connectivity index (χ1) is 14.1. The van der Waals surface area contributed by atoms with Gasteiger partial charge in [0.15, 0.2) is 11.5 Å². The van der Waals surface area contributed by atoms with E-state index in [4.69, 9.17) is 14.2 Å². The SMILES string of the molecule is COc1cc(Br)c(CN2CCN(C(=O)OCC3CC4C=CC3C4)CC2)cc1OC. The third kappa shape index (κ3) is 4.56. The molecular weight excluding hydrogens is 436 g/mol. The maximum absolute atomic E-state index is 12.5. The molecule has 3 atom stereocenters. The molecule has 1 amide bonds. The zero-order valence-electron chi connectivity index (χ0n) is 17.1. The molecule has 0 radical (unpaired) electrons. The van der Waals surface area contributed by atoms with E-state index >= 15 is 0 Å². The molecule has 158 valence electrons. The van der Waals surface area contributed by atoms with Gasteiger partial charge in [-0.25, -0.2) is 4.79 Å². The van der Waals surface area contributed by atoms with Gasteiger partial charge < -0.3 is 19.1 Å². The summed E-state index contributed by atoms with van der Waals surface area (Å²) >= 11 is 3.63. The zero-order chi connectivity index (χ0) is 20.4. The van der Waals surface area contributed by atoms with Gasteiger partial charge in [0.2, 0.25) is 0 Å². The number of halogens is 1. The van der Waals surface area contributed by atoms with E-state index in [-0.39, 0.29) is 6.09 Å². The average molecular weight is 465 g/mol. The number of hydrogen-bond donors (Lipinski definition) is 0. The summed E-state index contributed by atoms with van der Waals surface area (Å²) in [5.74, 6) is 3.27. The summed E-state index contributed by atoms with van der Waals surface area (Å²) in [6.45, 7) is 4.39. The molecule has 0 aromatic heterocycles. The van der Waals surface area contributed by atoms with Crippen LogP contribution in [0.25, 0.3) is 0 Å². The molecule has 7 heteroatoms. The molecule has 1 saturated carbocycles. The van der Waals surface area contributed by atoms with Crippen molar-refractivity contribution in [1.82, 2.24) is 9.80 Å². The maximum atomic E-state index is 12.5. The van der Waals surface area contributed by atoms with E-state index in [1.54, 1.807) is 14.2 Å². The van der Waals surface area contributed by atoms with E-state index < -0.39 is 0 Å². The van der Waals surface area contributed by atoms with Crippen LogP contribution in [0.3, 0.4) is 0 Å². The number of allylic oxidation sites excluding steroid dienone is 2. The Balaban J connectivity index is 1.25. The molecule has 6 nitrogen and oxygen atoms in total. The Hall–Kier alpha value is -1.73.